The van der Waals surface area contributed by atoms with Gasteiger partial charge in [0.15, 0.2) is 0 Å². The fraction of sp³-hybridized carbons (Fsp3) is 0.133. The van der Waals surface area contributed by atoms with Gasteiger partial charge >= 0.3 is 0 Å². The summed E-state index contributed by atoms with van der Waals surface area (Å²) < 4.78 is 42.9. The molecule has 0 radical (unpaired) electrons. The maximum atomic E-state index is 13.6. The van der Waals surface area contributed by atoms with Gasteiger partial charge in [-0.25, -0.2) is 17.5 Å². The van der Waals surface area contributed by atoms with E-state index in [4.69, 9.17) is 16.3 Å². The Morgan fingerprint density at radius 3 is 2.43 bits per heavy atom. The number of hydrogen-bond acceptors (Lipinski definition) is 4. The molecule has 0 aliphatic carbocycles. The molecule has 0 saturated carbocycles. The number of benzene rings is 2. The van der Waals surface area contributed by atoms with Crippen molar-refractivity contribution in [2.24, 2.45) is 0 Å². The molecule has 8 heteroatoms. The molecule has 0 aliphatic heterocycles. The number of amides is 1. The fourth-order valence-corrected chi connectivity index (χ4v) is 2.43. The number of carbonyl (C=O) groups is 1. The molecule has 0 atom stereocenters. The molecule has 2 aromatic rings. The van der Waals surface area contributed by atoms with Gasteiger partial charge in [-0.2, -0.15) is 0 Å². The van der Waals surface area contributed by atoms with Crippen LogP contribution >= 0.6 is 11.6 Å². The van der Waals surface area contributed by atoms with Crippen LogP contribution in [-0.4, -0.2) is 20.6 Å². The first-order valence-corrected chi connectivity index (χ1v) is 8.71. The van der Waals surface area contributed by atoms with Gasteiger partial charge in [0, 0.05) is 11.1 Å². The van der Waals surface area contributed by atoms with E-state index in [2.05, 4.69) is 0 Å². The molecule has 0 aliphatic rings. The predicted molar refractivity (Wildman–Crippen MR) is 84.5 cm³/mol. The van der Waals surface area contributed by atoms with E-state index in [1.165, 1.54) is 36.4 Å². The number of rotatable bonds is 5. The molecule has 5 nitrogen and oxygen atoms in total. The molecule has 0 unspecified atom stereocenters. The molecule has 1 N–H and O–H groups in total. The number of halogens is 2. The minimum Gasteiger partial charge on any atom is -0.489 e. The van der Waals surface area contributed by atoms with Crippen LogP contribution in [0.2, 0.25) is 5.02 Å². The number of carbonyl (C=O) groups excluding carboxylic acids is 1. The minimum atomic E-state index is -3.62. The van der Waals surface area contributed by atoms with E-state index in [9.17, 15) is 17.6 Å². The number of hydrogen-bond donors (Lipinski definition) is 1. The lowest BCUT2D eigenvalue weighted by molar-refractivity contribution is 0.0981. The van der Waals surface area contributed by atoms with Crippen LogP contribution in [0.5, 0.6) is 5.75 Å². The summed E-state index contributed by atoms with van der Waals surface area (Å²) >= 11 is 5.89. The maximum absolute atomic E-state index is 13.6. The Bertz CT molecular complexity index is 802. The quantitative estimate of drug-likeness (QED) is 0.893. The molecule has 1 amide bonds. The van der Waals surface area contributed by atoms with E-state index in [0.29, 0.717) is 5.75 Å². The zero-order chi connectivity index (χ0) is 17.0. The molecule has 2 aromatic carbocycles. The molecule has 2 rings (SSSR count). The van der Waals surface area contributed by atoms with Crippen molar-refractivity contribution in [2.75, 3.05) is 6.26 Å². The van der Waals surface area contributed by atoms with Crippen LogP contribution in [0, 0.1) is 5.82 Å². The second-order valence-electron chi connectivity index (χ2n) is 4.72. The van der Waals surface area contributed by atoms with Crippen molar-refractivity contribution >= 4 is 27.5 Å². The van der Waals surface area contributed by atoms with Gasteiger partial charge in [-0.3, -0.25) is 4.79 Å². The van der Waals surface area contributed by atoms with Crippen LogP contribution in [0.3, 0.4) is 0 Å². The van der Waals surface area contributed by atoms with Gasteiger partial charge in [-0.1, -0.05) is 17.7 Å². The summed E-state index contributed by atoms with van der Waals surface area (Å²) in [5.41, 5.74) is 0.389. The van der Waals surface area contributed by atoms with Crippen molar-refractivity contribution in [2.45, 2.75) is 6.61 Å². The summed E-state index contributed by atoms with van der Waals surface area (Å²) in [7, 11) is -3.62. The zero-order valence-corrected chi connectivity index (χ0v) is 13.6. The average molecular weight is 358 g/mol. The van der Waals surface area contributed by atoms with E-state index in [0.717, 1.165) is 6.26 Å². The fourth-order valence-electron chi connectivity index (χ4n) is 1.76. The lowest BCUT2D eigenvalue weighted by atomic mass is 10.2. The van der Waals surface area contributed by atoms with Crippen molar-refractivity contribution in [3.63, 3.8) is 0 Å². The van der Waals surface area contributed by atoms with Gasteiger partial charge in [-0.15, -0.1) is 0 Å². The monoisotopic (exact) mass is 357 g/mol. The summed E-state index contributed by atoms with van der Waals surface area (Å²) in [6, 6.07) is 10.1. The Kier molecular flexibility index (Phi) is 5.23. The Labute approximate surface area is 138 Å². The molecule has 0 fully saturated rings. The lowest BCUT2D eigenvalue weighted by Crippen LogP contribution is -2.29. The summed E-state index contributed by atoms with van der Waals surface area (Å²) in [5, 5.41) is 0.258. The first-order valence-electron chi connectivity index (χ1n) is 6.44. The normalized spacial score (nSPS) is 11.1. The van der Waals surface area contributed by atoms with Crippen LogP contribution in [0.25, 0.3) is 0 Å². The molecule has 23 heavy (non-hydrogen) atoms. The largest absolute Gasteiger partial charge is 0.489 e. The molecule has 0 spiro atoms. The Morgan fingerprint density at radius 2 is 1.87 bits per heavy atom. The van der Waals surface area contributed by atoms with Crippen molar-refractivity contribution in [3.8, 4) is 5.75 Å². The SMILES string of the molecule is CS(=O)(=O)NC(=O)c1ccc(OCc2c(F)cccc2Cl)cc1. The van der Waals surface area contributed by atoms with Gasteiger partial charge < -0.3 is 4.74 Å². The van der Waals surface area contributed by atoms with Crippen LogP contribution in [0.4, 0.5) is 4.39 Å². The molecule has 0 heterocycles. The third-order valence-corrected chi connectivity index (χ3v) is 3.75. The highest BCUT2D eigenvalue weighted by molar-refractivity contribution is 7.89. The van der Waals surface area contributed by atoms with E-state index >= 15 is 0 Å². The van der Waals surface area contributed by atoms with E-state index in [-0.39, 0.29) is 22.8 Å². The molecule has 0 saturated heterocycles. The van der Waals surface area contributed by atoms with E-state index in [1.54, 1.807) is 6.07 Å². The second kappa shape index (κ2) is 6.97. The molecule has 122 valence electrons. The molecule has 0 bridgehead atoms. The van der Waals surface area contributed by atoms with Crippen LogP contribution in [0.1, 0.15) is 15.9 Å². The number of ether oxygens (including phenoxy) is 1. The topological polar surface area (TPSA) is 72.5 Å². The minimum absolute atomic E-state index is 0.0691. The van der Waals surface area contributed by atoms with Crippen LogP contribution in [-0.2, 0) is 16.6 Å². The van der Waals surface area contributed by atoms with Crippen LogP contribution < -0.4 is 9.46 Å². The van der Waals surface area contributed by atoms with Crippen molar-refractivity contribution < 1.29 is 22.3 Å². The van der Waals surface area contributed by atoms with E-state index < -0.39 is 21.7 Å². The lowest BCUT2D eigenvalue weighted by Gasteiger charge is -2.09. The second-order valence-corrected chi connectivity index (χ2v) is 6.87. The van der Waals surface area contributed by atoms with Crippen molar-refractivity contribution in [1.29, 1.82) is 0 Å². The van der Waals surface area contributed by atoms with Gasteiger partial charge in [0.1, 0.15) is 18.2 Å². The first kappa shape index (κ1) is 17.2. The highest BCUT2D eigenvalue weighted by Gasteiger charge is 2.11. The Morgan fingerprint density at radius 1 is 1.22 bits per heavy atom. The summed E-state index contributed by atoms with van der Waals surface area (Å²) in [6.07, 6.45) is 0.889. The predicted octanol–water partition coefficient (Wildman–Crippen LogP) is 2.75. The summed E-state index contributed by atoms with van der Waals surface area (Å²) in [5.74, 6) is -0.821. The van der Waals surface area contributed by atoms with Crippen LogP contribution in [0.15, 0.2) is 42.5 Å². The standard InChI is InChI=1S/C15H13ClFNO4S/c1-23(20,21)18-15(19)10-5-7-11(8-6-10)22-9-12-13(16)3-2-4-14(12)17/h2-8H,9H2,1H3,(H,18,19). The van der Waals surface area contributed by atoms with Gasteiger partial charge in [0.05, 0.1) is 11.3 Å². The molecule has 0 aromatic heterocycles. The van der Waals surface area contributed by atoms with Crippen molar-refractivity contribution in [3.05, 3.63) is 64.4 Å². The average Bonchev–Trinajstić information content (AvgIpc) is 2.45. The summed E-state index contributed by atoms with van der Waals surface area (Å²) in [4.78, 5) is 11.6. The first-order chi connectivity index (χ1) is 10.8. The van der Waals surface area contributed by atoms with Gasteiger partial charge in [0.25, 0.3) is 5.91 Å². The summed E-state index contributed by atoms with van der Waals surface area (Å²) in [6.45, 7) is -0.0691. The molecular weight excluding hydrogens is 345 g/mol. The smallest absolute Gasteiger partial charge is 0.264 e. The van der Waals surface area contributed by atoms with Crippen molar-refractivity contribution in [1.82, 2.24) is 4.72 Å². The van der Waals surface area contributed by atoms with Gasteiger partial charge in [0.2, 0.25) is 10.0 Å². The Hall–Kier alpha value is -2.12. The zero-order valence-electron chi connectivity index (χ0n) is 12.0. The number of sulfonamides is 1. The maximum Gasteiger partial charge on any atom is 0.264 e. The third kappa shape index (κ3) is 4.94. The van der Waals surface area contributed by atoms with Gasteiger partial charge in [-0.05, 0) is 36.4 Å². The third-order valence-electron chi connectivity index (χ3n) is 2.84. The molecular formula is C15H13ClFNO4S. The highest BCUT2D eigenvalue weighted by Crippen LogP contribution is 2.21. The highest BCUT2D eigenvalue weighted by atomic mass is 35.5. The Balaban J connectivity index is 2.05. The number of nitrogens with one attached hydrogen (secondary N) is 1. The van der Waals surface area contributed by atoms with E-state index in [1.807, 2.05) is 4.72 Å².